The number of aromatic amines is 1. The Morgan fingerprint density at radius 2 is 2.12 bits per heavy atom. The van der Waals surface area contributed by atoms with Crippen molar-refractivity contribution in [2.24, 2.45) is 0 Å². The van der Waals surface area contributed by atoms with Crippen molar-refractivity contribution in [1.29, 1.82) is 0 Å². The van der Waals surface area contributed by atoms with E-state index in [0.717, 1.165) is 46.0 Å². The Morgan fingerprint density at radius 3 is 2.94 bits per heavy atom. The molecule has 1 aliphatic carbocycles. The standard InChI is InChI=1S/C26H28N4O2/c1-32-26-24(21-16-19-10-7-14-28-25(19)29-21)20-11-5-6-12-22(20)30(26)17-23(31)27-15-13-18-8-3-2-4-9-18/h5-8,10-12,14,16H,2-4,9,13,15,17H2,1H3,(H,27,31)(H,28,29). The number of allylic oxidation sites excluding steroid dienone is 1. The number of nitrogens with one attached hydrogen (secondary N) is 2. The second-order valence-electron chi connectivity index (χ2n) is 8.32. The molecule has 0 unspecified atom stereocenters. The van der Waals surface area contributed by atoms with Gasteiger partial charge in [0.15, 0.2) is 0 Å². The summed E-state index contributed by atoms with van der Waals surface area (Å²) in [4.78, 5) is 20.7. The van der Waals surface area contributed by atoms with E-state index in [-0.39, 0.29) is 12.5 Å². The number of rotatable bonds is 7. The average Bonchev–Trinajstić information content (AvgIpc) is 3.38. The highest BCUT2D eigenvalue weighted by Gasteiger charge is 2.22. The summed E-state index contributed by atoms with van der Waals surface area (Å²) in [6.07, 6.45) is 9.92. The third-order valence-corrected chi connectivity index (χ3v) is 6.23. The molecule has 1 amide bonds. The third-order valence-electron chi connectivity index (χ3n) is 6.23. The highest BCUT2D eigenvalue weighted by molar-refractivity contribution is 6.01. The molecule has 4 aromatic rings. The summed E-state index contributed by atoms with van der Waals surface area (Å²) in [5, 5.41) is 5.17. The fourth-order valence-electron chi connectivity index (χ4n) is 4.70. The molecule has 3 aromatic heterocycles. The van der Waals surface area contributed by atoms with Gasteiger partial charge in [0, 0.05) is 23.5 Å². The van der Waals surface area contributed by atoms with Gasteiger partial charge in [-0.05, 0) is 56.4 Å². The molecule has 5 rings (SSSR count). The fraction of sp³-hybridized carbons (Fsp3) is 0.308. The molecule has 0 saturated heterocycles. The lowest BCUT2D eigenvalue weighted by Crippen LogP contribution is -2.28. The largest absolute Gasteiger partial charge is 0.482 e. The molecule has 0 aliphatic heterocycles. The van der Waals surface area contributed by atoms with Crippen LogP contribution in [0, 0.1) is 0 Å². The number of hydrogen-bond donors (Lipinski definition) is 2. The van der Waals surface area contributed by atoms with Crippen LogP contribution in [0.5, 0.6) is 5.88 Å². The number of fused-ring (bicyclic) bond motifs is 2. The van der Waals surface area contributed by atoms with Crippen LogP contribution in [0.3, 0.4) is 0 Å². The summed E-state index contributed by atoms with van der Waals surface area (Å²) >= 11 is 0. The van der Waals surface area contributed by atoms with Gasteiger partial charge in [-0.15, -0.1) is 0 Å². The SMILES string of the molecule is COc1c(-c2cc3cccnc3[nH]2)c2ccccc2n1CC(=O)NCCC1=CCCCC1. The molecule has 6 heteroatoms. The molecule has 1 aromatic carbocycles. The van der Waals surface area contributed by atoms with Crippen LogP contribution in [0.25, 0.3) is 33.2 Å². The van der Waals surface area contributed by atoms with E-state index in [9.17, 15) is 4.79 Å². The molecule has 0 spiro atoms. The molecular formula is C26H28N4O2. The summed E-state index contributed by atoms with van der Waals surface area (Å²) in [7, 11) is 1.66. The normalized spacial score (nSPS) is 14.0. The lowest BCUT2D eigenvalue weighted by atomic mass is 9.97. The minimum Gasteiger partial charge on any atom is -0.482 e. The molecule has 0 bridgehead atoms. The number of para-hydroxylation sites is 1. The summed E-state index contributed by atoms with van der Waals surface area (Å²) in [5.41, 5.74) is 5.14. The van der Waals surface area contributed by atoms with Crippen molar-refractivity contribution in [2.45, 2.75) is 38.6 Å². The molecule has 0 atom stereocenters. The minimum absolute atomic E-state index is 0.00896. The minimum atomic E-state index is -0.00896. The molecule has 3 heterocycles. The van der Waals surface area contributed by atoms with E-state index in [4.69, 9.17) is 4.74 Å². The van der Waals surface area contributed by atoms with E-state index in [0.29, 0.717) is 12.4 Å². The molecule has 1 aliphatic rings. The smallest absolute Gasteiger partial charge is 0.240 e. The maximum Gasteiger partial charge on any atom is 0.240 e. The Bertz CT molecular complexity index is 1260. The molecule has 0 fully saturated rings. The summed E-state index contributed by atoms with van der Waals surface area (Å²) in [5.74, 6) is 0.660. The fourth-order valence-corrected chi connectivity index (χ4v) is 4.70. The van der Waals surface area contributed by atoms with Crippen LogP contribution in [0.2, 0.25) is 0 Å². The lowest BCUT2D eigenvalue weighted by molar-refractivity contribution is -0.121. The number of hydrogen-bond acceptors (Lipinski definition) is 3. The number of nitrogens with zero attached hydrogens (tertiary/aromatic N) is 2. The van der Waals surface area contributed by atoms with Crippen molar-refractivity contribution in [3.8, 4) is 17.1 Å². The van der Waals surface area contributed by atoms with Gasteiger partial charge in [0.25, 0.3) is 0 Å². The van der Waals surface area contributed by atoms with E-state index in [2.05, 4.69) is 33.5 Å². The first kappa shape index (κ1) is 20.4. The van der Waals surface area contributed by atoms with Crippen molar-refractivity contribution in [3.05, 3.63) is 60.3 Å². The number of pyridine rings is 1. The highest BCUT2D eigenvalue weighted by Crippen LogP contribution is 2.40. The van der Waals surface area contributed by atoms with Gasteiger partial charge in [-0.25, -0.2) is 4.98 Å². The monoisotopic (exact) mass is 428 g/mol. The van der Waals surface area contributed by atoms with Gasteiger partial charge < -0.3 is 19.6 Å². The number of aromatic nitrogens is 3. The number of ether oxygens (including phenoxy) is 1. The van der Waals surface area contributed by atoms with Crippen molar-refractivity contribution in [2.75, 3.05) is 13.7 Å². The Hall–Kier alpha value is -3.54. The Kier molecular flexibility index (Phi) is 5.67. The number of H-pyrrole nitrogens is 1. The van der Waals surface area contributed by atoms with Crippen molar-refractivity contribution >= 4 is 27.8 Å². The Balaban J connectivity index is 1.44. The van der Waals surface area contributed by atoms with Crippen LogP contribution in [-0.2, 0) is 11.3 Å². The average molecular weight is 429 g/mol. The van der Waals surface area contributed by atoms with Crippen molar-refractivity contribution in [3.63, 3.8) is 0 Å². The van der Waals surface area contributed by atoms with Crippen molar-refractivity contribution in [1.82, 2.24) is 19.9 Å². The maximum atomic E-state index is 12.8. The lowest BCUT2D eigenvalue weighted by Gasteiger charge is -2.14. The van der Waals surface area contributed by atoms with Gasteiger partial charge in [0.2, 0.25) is 11.8 Å². The zero-order chi connectivity index (χ0) is 21.9. The van der Waals surface area contributed by atoms with Crippen LogP contribution in [0.4, 0.5) is 0 Å². The molecule has 6 nitrogen and oxygen atoms in total. The van der Waals surface area contributed by atoms with Gasteiger partial charge in [0.1, 0.15) is 12.2 Å². The quantitative estimate of drug-likeness (QED) is 0.398. The van der Waals surface area contributed by atoms with Gasteiger partial charge in [-0.3, -0.25) is 4.79 Å². The summed E-state index contributed by atoms with van der Waals surface area (Å²) in [6.45, 7) is 0.883. The van der Waals surface area contributed by atoms with Gasteiger partial charge in [0.05, 0.1) is 23.9 Å². The molecular weight excluding hydrogens is 400 g/mol. The third kappa shape index (κ3) is 3.88. The van der Waals surface area contributed by atoms with Crippen LogP contribution >= 0.6 is 0 Å². The number of carbonyl (C=O) groups is 1. The Labute approximate surface area is 187 Å². The molecule has 164 valence electrons. The predicted octanol–water partition coefficient (Wildman–Crippen LogP) is 5.20. The predicted molar refractivity (Wildman–Crippen MR) is 128 cm³/mol. The first-order valence-corrected chi connectivity index (χ1v) is 11.3. The van der Waals surface area contributed by atoms with Gasteiger partial charge in [-0.1, -0.05) is 29.8 Å². The topological polar surface area (TPSA) is 71.9 Å². The molecule has 32 heavy (non-hydrogen) atoms. The van der Waals surface area contributed by atoms with Crippen LogP contribution in [-0.4, -0.2) is 34.1 Å². The number of carbonyl (C=O) groups excluding carboxylic acids is 1. The highest BCUT2D eigenvalue weighted by atomic mass is 16.5. The zero-order valence-electron chi connectivity index (χ0n) is 18.4. The van der Waals surface area contributed by atoms with Crippen LogP contribution < -0.4 is 10.1 Å². The zero-order valence-corrected chi connectivity index (χ0v) is 18.4. The van der Waals surface area contributed by atoms with Crippen molar-refractivity contribution < 1.29 is 9.53 Å². The number of amides is 1. The van der Waals surface area contributed by atoms with Gasteiger partial charge >= 0.3 is 0 Å². The summed E-state index contributed by atoms with van der Waals surface area (Å²) in [6, 6.07) is 14.1. The van der Waals surface area contributed by atoms with E-state index in [1.807, 2.05) is 34.9 Å². The number of benzene rings is 1. The molecule has 0 radical (unpaired) electrons. The van der Waals surface area contributed by atoms with E-state index >= 15 is 0 Å². The first-order chi connectivity index (χ1) is 15.7. The second kappa shape index (κ2) is 8.91. The van der Waals surface area contributed by atoms with E-state index in [1.165, 1.54) is 24.8 Å². The van der Waals surface area contributed by atoms with E-state index < -0.39 is 0 Å². The second-order valence-corrected chi connectivity index (χ2v) is 8.32. The van der Waals surface area contributed by atoms with E-state index in [1.54, 1.807) is 13.3 Å². The molecule has 0 saturated carbocycles. The molecule has 2 N–H and O–H groups in total. The summed E-state index contributed by atoms with van der Waals surface area (Å²) < 4.78 is 7.80. The maximum absolute atomic E-state index is 12.8. The van der Waals surface area contributed by atoms with Gasteiger partial charge in [-0.2, -0.15) is 0 Å². The first-order valence-electron chi connectivity index (χ1n) is 11.3. The number of methoxy groups -OCH3 is 1. The Morgan fingerprint density at radius 1 is 1.22 bits per heavy atom. The van der Waals surface area contributed by atoms with Crippen LogP contribution in [0.15, 0.2) is 60.3 Å². The van der Waals surface area contributed by atoms with Crippen LogP contribution in [0.1, 0.15) is 32.1 Å².